The van der Waals surface area contributed by atoms with Crippen LogP contribution < -0.4 is 15.5 Å². The molecular weight excluding hydrogens is 463 g/mol. The van der Waals surface area contributed by atoms with Crippen LogP contribution in [0.4, 0.5) is 5.82 Å². The van der Waals surface area contributed by atoms with Crippen molar-refractivity contribution in [3.8, 4) is 0 Å². The maximum absolute atomic E-state index is 4.77. The van der Waals surface area contributed by atoms with Crippen molar-refractivity contribution in [3.63, 3.8) is 0 Å². The number of pyridine rings is 1. The lowest BCUT2D eigenvalue weighted by Gasteiger charge is -2.30. The van der Waals surface area contributed by atoms with Crippen molar-refractivity contribution >= 4 is 35.8 Å². The summed E-state index contributed by atoms with van der Waals surface area (Å²) in [4.78, 5) is 14.1. The van der Waals surface area contributed by atoms with E-state index in [4.69, 9.17) is 4.99 Å². The Hall–Kier alpha value is -1.09. The Morgan fingerprint density at radius 1 is 1.18 bits per heavy atom. The number of nitrogens with zero attached hydrogens (tertiary/aromatic N) is 4. The molecule has 0 aliphatic carbocycles. The second kappa shape index (κ2) is 13.2. The maximum Gasteiger partial charge on any atom is 0.191 e. The zero-order chi connectivity index (χ0) is 19.6. The quantitative estimate of drug-likeness (QED) is 0.308. The molecule has 2 rings (SSSR count). The van der Waals surface area contributed by atoms with Crippen LogP contribution in [-0.4, -0.2) is 60.7 Å². The molecule has 0 radical (unpaired) electrons. The average Bonchev–Trinajstić information content (AvgIpc) is 3.17. The first kappa shape index (κ1) is 24.9. The fourth-order valence-corrected chi connectivity index (χ4v) is 3.61. The highest BCUT2D eigenvalue weighted by molar-refractivity contribution is 14.0. The number of aromatic nitrogens is 1. The van der Waals surface area contributed by atoms with Gasteiger partial charge in [0, 0.05) is 51.0 Å². The number of nitrogens with one attached hydrogen (secondary N) is 2. The van der Waals surface area contributed by atoms with E-state index in [0.717, 1.165) is 44.5 Å². The van der Waals surface area contributed by atoms with Gasteiger partial charge in [-0.1, -0.05) is 0 Å². The van der Waals surface area contributed by atoms with E-state index in [0.29, 0.717) is 18.6 Å². The summed E-state index contributed by atoms with van der Waals surface area (Å²) in [5.74, 6) is 1.96. The van der Waals surface area contributed by atoms with Crippen LogP contribution in [0, 0.1) is 0 Å². The average molecular weight is 502 g/mol. The number of halogens is 1. The summed E-state index contributed by atoms with van der Waals surface area (Å²) in [6, 6.07) is 5.34. The van der Waals surface area contributed by atoms with E-state index in [9.17, 15) is 0 Å². The monoisotopic (exact) mass is 502 g/mol. The van der Waals surface area contributed by atoms with Crippen LogP contribution in [-0.2, 0) is 6.54 Å². The van der Waals surface area contributed by atoms with Gasteiger partial charge in [0.05, 0.1) is 6.54 Å². The third-order valence-corrected chi connectivity index (χ3v) is 4.99. The zero-order valence-corrected chi connectivity index (χ0v) is 20.6. The summed E-state index contributed by atoms with van der Waals surface area (Å²) in [5, 5.41) is 6.82. The first-order valence-corrected chi connectivity index (χ1v) is 10.5. The molecule has 28 heavy (non-hydrogen) atoms. The molecule has 0 unspecified atom stereocenters. The van der Waals surface area contributed by atoms with Crippen molar-refractivity contribution in [1.29, 1.82) is 0 Å². The molecule has 0 amide bonds. The molecule has 0 atom stereocenters. The Bertz CT molecular complexity index is 576. The van der Waals surface area contributed by atoms with E-state index in [2.05, 4.69) is 72.2 Å². The minimum absolute atomic E-state index is 0. The van der Waals surface area contributed by atoms with Gasteiger partial charge in [-0.3, -0.25) is 4.90 Å². The van der Waals surface area contributed by atoms with E-state index in [1.54, 1.807) is 0 Å². The Morgan fingerprint density at radius 3 is 2.46 bits per heavy atom. The Morgan fingerprint density at radius 2 is 1.86 bits per heavy atom. The Kier molecular flexibility index (Phi) is 11.8. The van der Waals surface area contributed by atoms with Gasteiger partial charge in [-0.05, 0) is 65.2 Å². The summed E-state index contributed by atoms with van der Waals surface area (Å²) in [6.45, 7) is 16.8. The van der Waals surface area contributed by atoms with E-state index < -0.39 is 0 Å². The lowest BCUT2D eigenvalue weighted by atomic mass is 10.2. The molecular formula is C21H39IN6. The van der Waals surface area contributed by atoms with Crippen molar-refractivity contribution in [3.05, 3.63) is 23.9 Å². The number of rotatable bonds is 9. The van der Waals surface area contributed by atoms with E-state index in [1.165, 1.54) is 18.4 Å². The summed E-state index contributed by atoms with van der Waals surface area (Å²) >= 11 is 0. The highest BCUT2D eigenvalue weighted by Crippen LogP contribution is 2.18. The van der Waals surface area contributed by atoms with Crippen LogP contribution in [0.25, 0.3) is 0 Å². The largest absolute Gasteiger partial charge is 0.357 e. The van der Waals surface area contributed by atoms with Crippen LogP contribution in [0.3, 0.4) is 0 Å². The van der Waals surface area contributed by atoms with E-state index in [1.807, 2.05) is 6.20 Å². The number of anilines is 1. The molecule has 1 aromatic rings. The fraction of sp³-hybridized carbons (Fsp3) is 0.714. The van der Waals surface area contributed by atoms with Crippen molar-refractivity contribution in [2.75, 3.05) is 37.6 Å². The highest BCUT2D eigenvalue weighted by atomic mass is 127. The molecule has 0 spiro atoms. The van der Waals surface area contributed by atoms with Gasteiger partial charge in [0.25, 0.3) is 0 Å². The molecule has 0 bridgehead atoms. The predicted octanol–water partition coefficient (Wildman–Crippen LogP) is 3.47. The number of hydrogen-bond acceptors (Lipinski definition) is 4. The lowest BCUT2D eigenvalue weighted by Crippen LogP contribution is -2.45. The smallest absolute Gasteiger partial charge is 0.191 e. The topological polar surface area (TPSA) is 55.8 Å². The molecule has 1 aliphatic heterocycles. The zero-order valence-electron chi connectivity index (χ0n) is 18.2. The number of hydrogen-bond donors (Lipinski definition) is 2. The first-order chi connectivity index (χ1) is 13.0. The predicted molar refractivity (Wildman–Crippen MR) is 131 cm³/mol. The third kappa shape index (κ3) is 8.11. The Balaban J connectivity index is 0.00000392. The normalized spacial score (nSPS) is 14.7. The number of guanidine groups is 1. The van der Waals surface area contributed by atoms with Gasteiger partial charge in [-0.2, -0.15) is 0 Å². The van der Waals surface area contributed by atoms with Crippen molar-refractivity contribution in [2.45, 2.75) is 66.1 Å². The molecule has 2 N–H and O–H groups in total. The summed E-state index contributed by atoms with van der Waals surface area (Å²) in [5.41, 5.74) is 1.20. The molecule has 160 valence electrons. The number of aliphatic imine (C=N–C) groups is 1. The molecule has 2 heterocycles. The Labute approximate surface area is 188 Å². The van der Waals surface area contributed by atoms with Gasteiger partial charge in [-0.25, -0.2) is 9.98 Å². The van der Waals surface area contributed by atoms with Crippen molar-refractivity contribution < 1.29 is 0 Å². The van der Waals surface area contributed by atoms with Crippen LogP contribution in [0.1, 0.15) is 53.0 Å². The van der Waals surface area contributed by atoms with Crippen molar-refractivity contribution in [1.82, 2.24) is 20.5 Å². The van der Waals surface area contributed by atoms with Gasteiger partial charge < -0.3 is 15.5 Å². The lowest BCUT2D eigenvalue weighted by molar-refractivity contribution is 0.178. The summed E-state index contributed by atoms with van der Waals surface area (Å²) in [6.07, 6.45) is 4.44. The van der Waals surface area contributed by atoms with Gasteiger partial charge in [0.2, 0.25) is 0 Å². The van der Waals surface area contributed by atoms with E-state index >= 15 is 0 Å². The third-order valence-electron chi connectivity index (χ3n) is 4.99. The second-order valence-electron chi connectivity index (χ2n) is 7.76. The summed E-state index contributed by atoms with van der Waals surface area (Å²) < 4.78 is 0. The van der Waals surface area contributed by atoms with Gasteiger partial charge >= 0.3 is 0 Å². The maximum atomic E-state index is 4.77. The molecule has 0 saturated carbocycles. The van der Waals surface area contributed by atoms with Gasteiger partial charge in [0.1, 0.15) is 5.82 Å². The van der Waals surface area contributed by atoms with Gasteiger partial charge in [-0.15, -0.1) is 24.0 Å². The highest BCUT2D eigenvalue weighted by Gasteiger charge is 2.14. The SMILES string of the molecule is CCNC(=NCc1ccnc(N2CCCC2)c1)NCCN(C(C)C)C(C)C.I. The van der Waals surface area contributed by atoms with Crippen LogP contribution >= 0.6 is 24.0 Å². The molecule has 1 aliphatic rings. The molecule has 1 fully saturated rings. The van der Waals surface area contributed by atoms with Crippen molar-refractivity contribution in [2.24, 2.45) is 4.99 Å². The fourth-order valence-electron chi connectivity index (χ4n) is 3.61. The standard InChI is InChI=1S/C21H38N6.HI/c1-6-22-21(24-11-14-27(17(2)3)18(4)5)25-16-19-9-10-23-20(15-19)26-12-7-8-13-26;/h9-10,15,17-18H,6-8,11-14,16H2,1-5H3,(H2,22,24,25);1H. The second-order valence-corrected chi connectivity index (χ2v) is 7.76. The van der Waals surface area contributed by atoms with Crippen LogP contribution in [0.2, 0.25) is 0 Å². The van der Waals surface area contributed by atoms with Crippen LogP contribution in [0.15, 0.2) is 23.3 Å². The molecule has 1 aromatic heterocycles. The van der Waals surface area contributed by atoms with E-state index in [-0.39, 0.29) is 24.0 Å². The van der Waals surface area contributed by atoms with Crippen LogP contribution in [0.5, 0.6) is 0 Å². The molecule has 1 saturated heterocycles. The molecule has 0 aromatic carbocycles. The first-order valence-electron chi connectivity index (χ1n) is 10.5. The minimum Gasteiger partial charge on any atom is -0.357 e. The summed E-state index contributed by atoms with van der Waals surface area (Å²) in [7, 11) is 0. The minimum atomic E-state index is 0. The molecule has 7 heteroatoms. The van der Waals surface area contributed by atoms with Gasteiger partial charge in [0.15, 0.2) is 5.96 Å². The molecule has 6 nitrogen and oxygen atoms in total.